The van der Waals surface area contributed by atoms with Crippen molar-refractivity contribution < 1.29 is 9.47 Å². The molecule has 1 saturated heterocycles. The number of fused-ring (bicyclic) bond motifs is 2. The lowest BCUT2D eigenvalue weighted by molar-refractivity contribution is 0.122. The van der Waals surface area contributed by atoms with E-state index in [0.717, 1.165) is 72.5 Å². The zero-order chi connectivity index (χ0) is 34.0. The number of methoxy groups -OCH3 is 1. The summed E-state index contributed by atoms with van der Waals surface area (Å²) >= 11 is 9.48. The van der Waals surface area contributed by atoms with Crippen LogP contribution in [0, 0.1) is 6.92 Å². The van der Waals surface area contributed by atoms with Crippen LogP contribution in [-0.4, -0.2) is 73.7 Å². The van der Waals surface area contributed by atoms with Crippen LogP contribution in [0.15, 0.2) is 85.5 Å². The van der Waals surface area contributed by atoms with Gasteiger partial charge >= 0.3 is 0 Å². The summed E-state index contributed by atoms with van der Waals surface area (Å²) in [7, 11) is 1.62. The van der Waals surface area contributed by atoms with E-state index in [4.69, 9.17) is 21.1 Å². The van der Waals surface area contributed by atoms with Gasteiger partial charge in [-0.2, -0.15) is 10.2 Å². The zero-order valence-corrected chi connectivity index (χ0v) is 29.4. The van der Waals surface area contributed by atoms with Crippen LogP contribution in [0.2, 0.25) is 4.34 Å². The van der Waals surface area contributed by atoms with Gasteiger partial charge in [-0.15, -0.1) is 22.7 Å². The number of pyridine rings is 4. The molecule has 0 aromatic carbocycles. The quantitative estimate of drug-likeness (QED) is 0.174. The van der Waals surface area contributed by atoms with Crippen LogP contribution in [0.4, 0.5) is 5.82 Å². The summed E-state index contributed by atoms with van der Waals surface area (Å²) in [6.07, 6.45) is 7.10. The van der Waals surface area contributed by atoms with Gasteiger partial charge in [0, 0.05) is 69.2 Å². The summed E-state index contributed by atoms with van der Waals surface area (Å²) in [5.41, 5.74) is 7.24. The summed E-state index contributed by atoms with van der Waals surface area (Å²) in [6, 6.07) is 20.1. The molecular formula is C36H30ClN9O2S2. The first-order valence-corrected chi connectivity index (χ1v) is 17.9. The predicted octanol–water partition coefficient (Wildman–Crippen LogP) is 8.30. The van der Waals surface area contributed by atoms with E-state index in [-0.39, 0.29) is 0 Å². The molecule has 0 saturated carbocycles. The normalized spacial score (nSPS) is 13.1. The largest absolute Gasteiger partial charge is 0.481 e. The maximum absolute atomic E-state index is 6.17. The van der Waals surface area contributed by atoms with Gasteiger partial charge in [0.05, 0.1) is 52.4 Å². The van der Waals surface area contributed by atoms with Gasteiger partial charge in [-0.1, -0.05) is 11.6 Å². The molecule has 1 fully saturated rings. The molecular weight excluding hydrogens is 690 g/mol. The number of hydrogen-bond acceptors (Lipinski definition) is 11. The molecule has 0 aliphatic carbocycles. The van der Waals surface area contributed by atoms with Crippen LogP contribution >= 0.6 is 34.3 Å². The first-order chi connectivity index (χ1) is 24.6. The van der Waals surface area contributed by atoms with Gasteiger partial charge in [-0.3, -0.25) is 10.2 Å². The molecule has 8 aromatic heterocycles. The van der Waals surface area contributed by atoms with E-state index >= 15 is 0 Å². The smallest absolute Gasteiger partial charge is 0.222 e. The maximum atomic E-state index is 6.17. The Balaban J connectivity index is 0.000000146. The van der Waals surface area contributed by atoms with Crippen molar-refractivity contribution in [2.75, 3.05) is 38.3 Å². The highest BCUT2D eigenvalue weighted by Gasteiger charge is 2.22. The van der Waals surface area contributed by atoms with Gasteiger partial charge in [-0.05, 0) is 67.6 Å². The molecule has 9 heterocycles. The van der Waals surface area contributed by atoms with Crippen LogP contribution in [0.3, 0.4) is 0 Å². The number of hydrogen-bond donors (Lipinski definition) is 2. The van der Waals surface area contributed by atoms with Gasteiger partial charge in [0.25, 0.3) is 0 Å². The van der Waals surface area contributed by atoms with Crippen LogP contribution in [0.5, 0.6) is 5.88 Å². The zero-order valence-electron chi connectivity index (χ0n) is 27.1. The van der Waals surface area contributed by atoms with E-state index in [1.807, 2.05) is 48.7 Å². The molecule has 2 N–H and O–H groups in total. The minimum atomic E-state index is 0.565. The molecule has 11 nitrogen and oxygen atoms in total. The fourth-order valence-corrected chi connectivity index (χ4v) is 8.07. The Bertz CT molecular complexity index is 2430. The molecule has 8 aromatic rings. The monoisotopic (exact) mass is 719 g/mol. The maximum Gasteiger partial charge on any atom is 0.222 e. The van der Waals surface area contributed by atoms with Crippen LogP contribution < -0.4 is 9.64 Å². The first kappa shape index (κ1) is 32.0. The second-order valence-electron chi connectivity index (χ2n) is 11.4. The van der Waals surface area contributed by atoms with Crippen LogP contribution in [0.1, 0.15) is 4.88 Å². The fourth-order valence-electron chi connectivity index (χ4n) is 6.10. The molecule has 0 unspecified atom stereocenters. The van der Waals surface area contributed by atoms with Crippen LogP contribution in [-0.2, 0) is 4.74 Å². The molecule has 0 spiro atoms. The van der Waals surface area contributed by atoms with Crippen molar-refractivity contribution >= 4 is 62.2 Å². The highest BCUT2D eigenvalue weighted by molar-refractivity contribution is 7.19. The molecule has 14 heteroatoms. The molecule has 0 atom stereocenters. The van der Waals surface area contributed by atoms with Crippen molar-refractivity contribution in [3.63, 3.8) is 0 Å². The van der Waals surface area contributed by atoms with E-state index in [0.29, 0.717) is 30.4 Å². The van der Waals surface area contributed by atoms with Crippen molar-refractivity contribution in [3.8, 4) is 49.3 Å². The van der Waals surface area contributed by atoms with E-state index < -0.39 is 0 Å². The van der Waals surface area contributed by atoms with Gasteiger partial charge in [-0.25, -0.2) is 19.9 Å². The predicted molar refractivity (Wildman–Crippen MR) is 200 cm³/mol. The van der Waals surface area contributed by atoms with Crippen LogP contribution in [0.25, 0.3) is 65.5 Å². The Morgan fingerprint density at radius 3 is 1.94 bits per heavy atom. The van der Waals surface area contributed by atoms with E-state index in [1.165, 1.54) is 9.75 Å². The second kappa shape index (κ2) is 14.0. The Morgan fingerprint density at radius 1 is 0.700 bits per heavy atom. The lowest BCUT2D eigenvalue weighted by atomic mass is 10.0. The number of thiophene rings is 2. The summed E-state index contributed by atoms with van der Waals surface area (Å²) in [4.78, 5) is 23.6. The number of aromatic nitrogens is 8. The number of aryl methyl sites for hydroxylation is 1. The molecule has 0 bridgehead atoms. The first-order valence-electron chi connectivity index (χ1n) is 15.8. The average Bonchev–Trinajstić information content (AvgIpc) is 3.99. The standard InChI is InChI=1S/C19H16ClN5OS.C17H14N4OS/c20-15-4-3-14(27-15)12-5-7-21-18-16(12)17(23-24-18)13-2-1-6-22-19(13)25-8-10-26-11-9-25;1-10-5-6-13(23-10)11-7-9-18-16-14(11)15(20-21-16)12-4-3-8-19-17(12)22-2/h1-7H,8-11H2,(H,21,23,24);3-9H,1-2H3,(H,18,20,21). The van der Waals surface area contributed by atoms with Crippen molar-refractivity contribution in [3.05, 3.63) is 94.7 Å². The second-order valence-corrected chi connectivity index (χ2v) is 14.4. The minimum Gasteiger partial charge on any atom is -0.481 e. The summed E-state index contributed by atoms with van der Waals surface area (Å²) in [5.74, 6) is 1.50. The molecule has 50 heavy (non-hydrogen) atoms. The summed E-state index contributed by atoms with van der Waals surface area (Å²) in [6.45, 7) is 5.16. The number of aromatic amines is 2. The number of morpholine rings is 1. The Morgan fingerprint density at radius 2 is 1.32 bits per heavy atom. The Hall–Kier alpha value is -5.21. The molecule has 9 rings (SSSR count). The number of H-pyrrole nitrogens is 2. The number of halogens is 1. The summed E-state index contributed by atoms with van der Waals surface area (Å²) in [5, 5.41) is 17.0. The summed E-state index contributed by atoms with van der Waals surface area (Å²) < 4.78 is 11.6. The Kier molecular flexibility index (Phi) is 8.94. The lowest BCUT2D eigenvalue weighted by Crippen LogP contribution is -2.37. The minimum absolute atomic E-state index is 0.565. The highest BCUT2D eigenvalue weighted by atomic mass is 35.5. The van der Waals surface area contributed by atoms with Gasteiger partial charge < -0.3 is 14.4 Å². The fraction of sp³-hybridized carbons (Fsp3) is 0.167. The molecule has 1 aliphatic heterocycles. The van der Waals surface area contributed by atoms with E-state index in [1.54, 1.807) is 48.4 Å². The third kappa shape index (κ3) is 6.09. The number of nitrogens with zero attached hydrogens (tertiary/aromatic N) is 7. The van der Waals surface area contributed by atoms with Crippen molar-refractivity contribution in [1.82, 2.24) is 40.3 Å². The van der Waals surface area contributed by atoms with Crippen molar-refractivity contribution in [1.29, 1.82) is 0 Å². The molecule has 1 aliphatic rings. The van der Waals surface area contributed by atoms with E-state index in [9.17, 15) is 0 Å². The topological polar surface area (TPSA) is 131 Å². The molecule has 0 amide bonds. The third-order valence-electron chi connectivity index (χ3n) is 8.35. The van der Waals surface area contributed by atoms with Gasteiger partial charge in [0.1, 0.15) is 5.82 Å². The lowest BCUT2D eigenvalue weighted by Gasteiger charge is -2.29. The SMILES string of the molecule is COc1ncccc1-c1[nH]nc2nccc(-c3ccc(C)s3)c12.Clc1ccc(-c2ccnc3n[nH]c(-c4cccnc4N4CCOCC4)c23)s1. The number of anilines is 1. The molecule has 250 valence electrons. The average molecular weight is 720 g/mol. The van der Waals surface area contributed by atoms with Crippen molar-refractivity contribution in [2.45, 2.75) is 6.92 Å². The molecule has 0 radical (unpaired) electrons. The van der Waals surface area contributed by atoms with Gasteiger partial charge in [0.2, 0.25) is 5.88 Å². The Labute approximate surface area is 300 Å². The number of ether oxygens (including phenoxy) is 2. The highest BCUT2D eigenvalue weighted by Crippen LogP contribution is 2.41. The number of nitrogens with one attached hydrogen (secondary N) is 2. The third-order valence-corrected chi connectivity index (χ3v) is 10.7. The number of rotatable bonds is 6. The van der Waals surface area contributed by atoms with Crippen molar-refractivity contribution in [2.24, 2.45) is 0 Å². The van der Waals surface area contributed by atoms with E-state index in [2.05, 4.69) is 70.4 Å². The van der Waals surface area contributed by atoms with Gasteiger partial charge in [0.15, 0.2) is 11.3 Å².